The number of methoxy groups -OCH3 is 2. The summed E-state index contributed by atoms with van der Waals surface area (Å²) in [5.41, 5.74) is 0. The van der Waals surface area contributed by atoms with Crippen LogP contribution < -0.4 is 0 Å². The van der Waals surface area contributed by atoms with Crippen molar-refractivity contribution in [3.8, 4) is 0 Å². The van der Waals surface area contributed by atoms with Crippen molar-refractivity contribution in [1.82, 2.24) is 0 Å². The van der Waals surface area contributed by atoms with Gasteiger partial charge < -0.3 is 18.9 Å². The van der Waals surface area contributed by atoms with Gasteiger partial charge in [0, 0.05) is 20.6 Å². The molecule has 0 amide bonds. The molecule has 0 saturated carbocycles. The largest absolute Gasteiger partial charge is 0.371 e. The molecule has 12 heavy (non-hydrogen) atoms. The van der Waals surface area contributed by atoms with E-state index in [2.05, 4.69) is 0 Å². The predicted molar refractivity (Wildman–Crippen MR) is 42.7 cm³/mol. The lowest BCUT2D eigenvalue weighted by Gasteiger charge is -2.28. The summed E-state index contributed by atoms with van der Waals surface area (Å²) >= 11 is 0. The van der Waals surface area contributed by atoms with Crippen LogP contribution >= 0.6 is 0 Å². The molecule has 0 radical (unpaired) electrons. The molecule has 1 atom stereocenters. The molecule has 1 fully saturated rings. The molecule has 4 heteroatoms. The number of ether oxygens (including phenoxy) is 4. The summed E-state index contributed by atoms with van der Waals surface area (Å²) in [6.07, 6.45) is 0.897. The van der Waals surface area contributed by atoms with E-state index in [-0.39, 0.29) is 6.10 Å². The second-order valence-electron chi connectivity index (χ2n) is 2.71. The van der Waals surface area contributed by atoms with Gasteiger partial charge in [0.2, 0.25) is 0 Å². The quantitative estimate of drug-likeness (QED) is 0.442. The van der Waals surface area contributed by atoms with E-state index >= 15 is 0 Å². The molecule has 0 bridgehead atoms. The lowest BCUT2D eigenvalue weighted by molar-refractivity contribution is -0.363. The highest BCUT2D eigenvalue weighted by Gasteiger charge is 2.32. The lowest BCUT2D eigenvalue weighted by Crippen LogP contribution is -2.37. The van der Waals surface area contributed by atoms with Gasteiger partial charge in [0.05, 0.1) is 13.2 Å². The monoisotopic (exact) mass is 176 g/mol. The summed E-state index contributed by atoms with van der Waals surface area (Å²) in [5.74, 6) is -0.883. The molecule has 0 aromatic rings. The molecule has 1 saturated heterocycles. The third-order valence-corrected chi connectivity index (χ3v) is 1.95. The summed E-state index contributed by atoms with van der Waals surface area (Å²) in [4.78, 5) is 0. The van der Waals surface area contributed by atoms with Gasteiger partial charge in [-0.3, -0.25) is 0 Å². The van der Waals surface area contributed by atoms with Crippen molar-refractivity contribution < 1.29 is 18.9 Å². The zero-order chi connectivity index (χ0) is 9.03. The maximum absolute atomic E-state index is 5.43. The van der Waals surface area contributed by atoms with Crippen LogP contribution in [0.3, 0.4) is 0 Å². The third kappa shape index (κ3) is 2.42. The minimum atomic E-state index is -0.883. The van der Waals surface area contributed by atoms with Crippen LogP contribution in [0.2, 0.25) is 0 Å². The predicted octanol–water partition coefficient (Wildman–Crippen LogP) is 0.758. The molecular weight excluding hydrogens is 160 g/mol. The van der Waals surface area contributed by atoms with Gasteiger partial charge in [0.25, 0.3) is 5.97 Å². The fraction of sp³-hybridized carbons (Fsp3) is 1.00. The van der Waals surface area contributed by atoms with Crippen LogP contribution in [0.5, 0.6) is 0 Å². The van der Waals surface area contributed by atoms with E-state index in [1.165, 1.54) is 0 Å². The Kier molecular flexibility index (Phi) is 3.46. The molecule has 1 heterocycles. The lowest BCUT2D eigenvalue weighted by atomic mass is 10.4. The van der Waals surface area contributed by atoms with Gasteiger partial charge in [0.1, 0.15) is 6.10 Å². The van der Waals surface area contributed by atoms with Gasteiger partial charge >= 0.3 is 0 Å². The fourth-order valence-corrected chi connectivity index (χ4v) is 0.976. The van der Waals surface area contributed by atoms with E-state index in [9.17, 15) is 0 Å². The Labute approximate surface area is 72.7 Å². The van der Waals surface area contributed by atoms with E-state index in [1.54, 1.807) is 14.2 Å². The van der Waals surface area contributed by atoms with Gasteiger partial charge in [-0.2, -0.15) is 0 Å². The molecule has 0 aliphatic carbocycles. The van der Waals surface area contributed by atoms with Crippen LogP contribution in [-0.4, -0.2) is 39.5 Å². The van der Waals surface area contributed by atoms with Crippen molar-refractivity contribution >= 4 is 0 Å². The summed E-state index contributed by atoms with van der Waals surface area (Å²) in [6, 6.07) is 0. The molecule has 0 aromatic carbocycles. The Morgan fingerprint density at radius 1 is 1.42 bits per heavy atom. The van der Waals surface area contributed by atoms with Crippen molar-refractivity contribution in [2.24, 2.45) is 0 Å². The standard InChI is InChI=1S/C8H16O4/c1-4-8(9-2,10-3)12-6-7-5-11-7/h7H,4-6H2,1-3H3. The van der Waals surface area contributed by atoms with E-state index in [1.807, 2.05) is 6.92 Å². The zero-order valence-electron chi connectivity index (χ0n) is 7.83. The minimum Gasteiger partial charge on any atom is -0.371 e. The molecule has 1 rings (SSSR count). The van der Waals surface area contributed by atoms with Crippen LogP contribution in [0.15, 0.2) is 0 Å². The molecule has 1 aliphatic heterocycles. The first kappa shape index (κ1) is 9.92. The van der Waals surface area contributed by atoms with Crippen LogP contribution in [-0.2, 0) is 18.9 Å². The van der Waals surface area contributed by atoms with Crippen molar-refractivity contribution in [2.75, 3.05) is 27.4 Å². The molecule has 4 nitrogen and oxygen atoms in total. The summed E-state index contributed by atoms with van der Waals surface area (Å²) in [6.45, 7) is 3.27. The van der Waals surface area contributed by atoms with Crippen LogP contribution in [0.4, 0.5) is 0 Å². The summed E-state index contributed by atoms with van der Waals surface area (Å²) in [7, 11) is 3.14. The molecule has 72 valence electrons. The topological polar surface area (TPSA) is 40.2 Å². The number of rotatable bonds is 6. The zero-order valence-corrected chi connectivity index (χ0v) is 7.83. The Balaban J connectivity index is 2.28. The van der Waals surface area contributed by atoms with E-state index in [0.29, 0.717) is 13.0 Å². The molecule has 0 spiro atoms. The first-order valence-corrected chi connectivity index (χ1v) is 4.12. The Hall–Kier alpha value is -0.160. The first-order valence-electron chi connectivity index (χ1n) is 4.12. The van der Waals surface area contributed by atoms with Crippen molar-refractivity contribution in [3.05, 3.63) is 0 Å². The molecular formula is C8H16O4. The normalized spacial score (nSPS) is 22.8. The third-order valence-electron chi connectivity index (χ3n) is 1.95. The Bertz CT molecular complexity index is 121. The second-order valence-corrected chi connectivity index (χ2v) is 2.71. The average Bonchev–Trinajstić information content (AvgIpc) is 2.92. The SMILES string of the molecule is CCC(OC)(OC)OCC1CO1. The molecule has 0 aromatic heterocycles. The Morgan fingerprint density at radius 2 is 2.00 bits per heavy atom. The molecule has 1 aliphatic rings. The van der Waals surface area contributed by atoms with Crippen molar-refractivity contribution in [1.29, 1.82) is 0 Å². The number of hydrogen-bond acceptors (Lipinski definition) is 4. The summed E-state index contributed by atoms with van der Waals surface area (Å²) in [5, 5.41) is 0. The molecule has 0 N–H and O–H groups in total. The second kappa shape index (κ2) is 4.18. The van der Waals surface area contributed by atoms with Crippen LogP contribution in [0, 0.1) is 0 Å². The van der Waals surface area contributed by atoms with Gasteiger partial charge in [-0.05, 0) is 0 Å². The van der Waals surface area contributed by atoms with Gasteiger partial charge in [-0.1, -0.05) is 6.92 Å². The van der Waals surface area contributed by atoms with Crippen molar-refractivity contribution in [3.63, 3.8) is 0 Å². The van der Waals surface area contributed by atoms with Crippen LogP contribution in [0.25, 0.3) is 0 Å². The van der Waals surface area contributed by atoms with Gasteiger partial charge in [0.15, 0.2) is 0 Å². The maximum Gasteiger partial charge on any atom is 0.282 e. The summed E-state index contributed by atoms with van der Waals surface area (Å²) < 4.78 is 20.7. The Morgan fingerprint density at radius 3 is 2.33 bits per heavy atom. The molecule has 1 unspecified atom stereocenters. The van der Waals surface area contributed by atoms with Gasteiger partial charge in [-0.25, -0.2) is 0 Å². The average molecular weight is 176 g/mol. The fourth-order valence-electron chi connectivity index (χ4n) is 0.976. The number of hydrogen-bond donors (Lipinski definition) is 0. The maximum atomic E-state index is 5.43. The van der Waals surface area contributed by atoms with E-state index in [4.69, 9.17) is 18.9 Å². The highest BCUT2D eigenvalue weighted by atomic mass is 16.9. The van der Waals surface area contributed by atoms with E-state index in [0.717, 1.165) is 6.61 Å². The van der Waals surface area contributed by atoms with E-state index < -0.39 is 5.97 Å². The highest BCUT2D eigenvalue weighted by Crippen LogP contribution is 2.20. The minimum absolute atomic E-state index is 0.237. The van der Waals surface area contributed by atoms with Crippen LogP contribution in [0.1, 0.15) is 13.3 Å². The van der Waals surface area contributed by atoms with Gasteiger partial charge in [-0.15, -0.1) is 0 Å². The van der Waals surface area contributed by atoms with Crippen molar-refractivity contribution in [2.45, 2.75) is 25.4 Å². The smallest absolute Gasteiger partial charge is 0.282 e. The number of epoxide rings is 1. The highest BCUT2D eigenvalue weighted by molar-refractivity contribution is 4.68. The first-order chi connectivity index (χ1) is 5.76.